The molecule has 8 heteroatoms. The van der Waals surface area contributed by atoms with Gasteiger partial charge in [-0.2, -0.15) is 0 Å². The van der Waals surface area contributed by atoms with E-state index >= 15 is 0 Å². The van der Waals surface area contributed by atoms with Gasteiger partial charge in [-0.25, -0.2) is 0 Å². The highest BCUT2D eigenvalue weighted by atomic mass is 35.5. The number of nitrogens with zero attached hydrogens (tertiary/aromatic N) is 2. The van der Waals surface area contributed by atoms with Crippen LogP contribution in [-0.2, 0) is 14.3 Å². The SMILES string of the molecule is CNC(CCC(=O)N1CC(c2ccc(-c3ccc(Cl)cc3SC)cn2)C1)COC=O. The highest BCUT2D eigenvalue weighted by Crippen LogP contribution is 2.33. The van der Waals surface area contributed by atoms with Gasteiger partial charge in [0.15, 0.2) is 0 Å². The van der Waals surface area contributed by atoms with Crippen LogP contribution < -0.4 is 5.32 Å². The van der Waals surface area contributed by atoms with Crippen LogP contribution in [0, 0.1) is 0 Å². The summed E-state index contributed by atoms with van der Waals surface area (Å²) in [4.78, 5) is 30.3. The lowest BCUT2D eigenvalue weighted by atomic mass is 9.94. The van der Waals surface area contributed by atoms with Gasteiger partial charge in [0.1, 0.15) is 6.61 Å². The van der Waals surface area contributed by atoms with Crippen LogP contribution in [-0.4, -0.2) is 61.3 Å². The van der Waals surface area contributed by atoms with Crippen molar-refractivity contribution in [2.45, 2.75) is 29.7 Å². The fourth-order valence-corrected chi connectivity index (χ4v) is 4.39. The number of aromatic nitrogens is 1. The van der Waals surface area contributed by atoms with Gasteiger partial charge in [0, 0.05) is 58.8 Å². The Kier molecular flexibility index (Phi) is 8.13. The molecule has 1 aliphatic rings. The van der Waals surface area contributed by atoms with E-state index in [1.54, 1.807) is 18.8 Å². The first-order chi connectivity index (χ1) is 14.5. The van der Waals surface area contributed by atoms with E-state index in [2.05, 4.69) is 16.4 Å². The summed E-state index contributed by atoms with van der Waals surface area (Å²) in [5, 5.41) is 3.78. The molecule has 1 amide bonds. The Morgan fingerprint density at radius 3 is 2.83 bits per heavy atom. The molecule has 30 heavy (non-hydrogen) atoms. The highest BCUT2D eigenvalue weighted by Gasteiger charge is 2.32. The van der Waals surface area contributed by atoms with Crippen molar-refractivity contribution in [3.63, 3.8) is 0 Å². The number of hydrogen-bond donors (Lipinski definition) is 1. The molecule has 0 saturated carbocycles. The molecule has 0 spiro atoms. The molecule has 1 aromatic heterocycles. The number of benzene rings is 1. The van der Waals surface area contributed by atoms with E-state index in [0.29, 0.717) is 32.4 Å². The summed E-state index contributed by atoms with van der Waals surface area (Å²) in [6.07, 6.45) is 5.00. The summed E-state index contributed by atoms with van der Waals surface area (Å²) < 4.78 is 4.77. The van der Waals surface area contributed by atoms with Gasteiger partial charge in [-0.1, -0.05) is 23.7 Å². The minimum absolute atomic E-state index is 0.00974. The molecular formula is C22H26ClN3O3S. The zero-order valence-electron chi connectivity index (χ0n) is 17.1. The average molecular weight is 448 g/mol. The molecule has 1 saturated heterocycles. The molecule has 2 aromatic rings. The molecule has 1 fully saturated rings. The van der Waals surface area contributed by atoms with Crippen molar-refractivity contribution < 1.29 is 14.3 Å². The van der Waals surface area contributed by atoms with Crippen LogP contribution in [0.5, 0.6) is 0 Å². The second kappa shape index (κ2) is 10.8. The molecule has 1 aliphatic heterocycles. The van der Waals surface area contributed by atoms with Crippen molar-refractivity contribution in [2.75, 3.05) is 33.0 Å². The topological polar surface area (TPSA) is 71.5 Å². The number of pyridine rings is 1. The largest absolute Gasteiger partial charge is 0.466 e. The van der Waals surface area contributed by atoms with Crippen molar-refractivity contribution in [1.82, 2.24) is 15.2 Å². The first-order valence-corrected chi connectivity index (χ1v) is 11.5. The Bertz CT molecular complexity index is 872. The maximum Gasteiger partial charge on any atom is 0.293 e. The summed E-state index contributed by atoms with van der Waals surface area (Å²) in [6.45, 7) is 2.09. The summed E-state index contributed by atoms with van der Waals surface area (Å²) in [5.74, 6) is 0.395. The monoisotopic (exact) mass is 447 g/mol. The van der Waals surface area contributed by atoms with Crippen LogP contribution >= 0.6 is 23.4 Å². The predicted molar refractivity (Wildman–Crippen MR) is 120 cm³/mol. The van der Waals surface area contributed by atoms with Gasteiger partial charge in [0.05, 0.1) is 0 Å². The second-order valence-corrected chi connectivity index (χ2v) is 8.55. The number of likely N-dealkylation sites (tertiary alicyclic amines) is 1. The van der Waals surface area contributed by atoms with Gasteiger partial charge in [0.25, 0.3) is 6.47 Å². The molecule has 0 aliphatic carbocycles. The van der Waals surface area contributed by atoms with Gasteiger partial charge < -0.3 is 15.0 Å². The van der Waals surface area contributed by atoms with E-state index in [-0.39, 0.29) is 24.5 Å². The summed E-state index contributed by atoms with van der Waals surface area (Å²) in [7, 11) is 1.80. The first-order valence-electron chi connectivity index (χ1n) is 9.85. The van der Waals surface area contributed by atoms with E-state index in [1.807, 2.05) is 41.6 Å². The maximum absolute atomic E-state index is 12.4. The molecule has 3 rings (SSSR count). The minimum Gasteiger partial charge on any atom is -0.466 e. The summed E-state index contributed by atoms with van der Waals surface area (Å²) >= 11 is 7.76. The van der Waals surface area contributed by atoms with Gasteiger partial charge in [-0.05, 0) is 43.5 Å². The molecule has 6 nitrogen and oxygen atoms in total. The molecule has 1 aromatic carbocycles. The summed E-state index contributed by atoms with van der Waals surface area (Å²) in [5.41, 5.74) is 3.19. The number of ether oxygens (including phenoxy) is 1. The zero-order valence-corrected chi connectivity index (χ0v) is 18.7. The standard InChI is InChI=1S/C22H26ClN3O3S/c1-24-18(13-29-14-27)5-8-22(28)26-11-16(12-26)20-7-3-15(10-25-20)19-6-4-17(23)9-21(19)30-2/h3-4,6-7,9-10,14,16,18,24H,5,8,11-13H2,1-2H3. The highest BCUT2D eigenvalue weighted by molar-refractivity contribution is 7.98. The number of carbonyl (C=O) groups excluding carboxylic acids is 2. The Morgan fingerprint density at radius 1 is 1.40 bits per heavy atom. The minimum atomic E-state index is -0.00974. The van der Waals surface area contributed by atoms with E-state index in [4.69, 9.17) is 16.3 Å². The zero-order chi connectivity index (χ0) is 21.5. The Morgan fingerprint density at radius 2 is 2.20 bits per heavy atom. The fourth-order valence-electron chi connectivity index (χ4n) is 3.50. The molecule has 1 unspecified atom stereocenters. The van der Waals surface area contributed by atoms with Crippen LogP contribution in [0.25, 0.3) is 11.1 Å². The molecular weight excluding hydrogens is 422 g/mol. The molecule has 0 bridgehead atoms. The number of likely N-dealkylation sites (N-methyl/N-ethyl adjacent to an activating group) is 1. The Hall–Kier alpha value is -2.09. The van der Waals surface area contributed by atoms with Crippen LogP contribution in [0.1, 0.15) is 24.5 Å². The van der Waals surface area contributed by atoms with Crippen molar-refractivity contribution >= 4 is 35.7 Å². The van der Waals surface area contributed by atoms with Crippen LogP contribution in [0.15, 0.2) is 41.4 Å². The van der Waals surface area contributed by atoms with Crippen molar-refractivity contribution in [3.8, 4) is 11.1 Å². The van der Waals surface area contributed by atoms with Gasteiger partial charge in [0.2, 0.25) is 5.91 Å². The molecule has 0 radical (unpaired) electrons. The van der Waals surface area contributed by atoms with E-state index in [9.17, 15) is 9.59 Å². The number of halogens is 1. The predicted octanol–water partition coefficient (Wildman–Crippen LogP) is 3.59. The quantitative estimate of drug-likeness (QED) is 0.443. The van der Waals surface area contributed by atoms with E-state index < -0.39 is 0 Å². The number of thioether (sulfide) groups is 1. The lowest BCUT2D eigenvalue weighted by molar-refractivity contribution is -0.136. The van der Waals surface area contributed by atoms with Crippen LogP contribution in [0.4, 0.5) is 0 Å². The third-order valence-electron chi connectivity index (χ3n) is 5.39. The maximum atomic E-state index is 12.4. The number of nitrogens with one attached hydrogen (secondary N) is 1. The second-order valence-electron chi connectivity index (χ2n) is 7.27. The van der Waals surface area contributed by atoms with Crippen molar-refractivity contribution in [1.29, 1.82) is 0 Å². The van der Waals surface area contributed by atoms with Gasteiger partial charge in [-0.3, -0.25) is 14.6 Å². The lowest BCUT2D eigenvalue weighted by Gasteiger charge is -2.39. The third kappa shape index (κ3) is 5.53. The van der Waals surface area contributed by atoms with Crippen LogP contribution in [0.3, 0.4) is 0 Å². The third-order valence-corrected chi connectivity index (χ3v) is 6.41. The first kappa shape index (κ1) is 22.6. The smallest absolute Gasteiger partial charge is 0.293 e. The number of carbonyl (C=O) groups is 2. The lowest BCUT2D eigenvalue weighted by Crippen LogP contribution is -2.49. The van der Waals surface area contributed by atoms with Crippen molar-refractivity contribution in [2.24, 2.45) is 0 Å². The van der Waals surface area contributed by atoms with Gasteiger partial charge >= 0.3 is 0 Å². The van der Waals surface area contributed by atoms with E-state index in [1.165, 1.54) is 0 Å². The summed E-state index contributed by atoms with van der Waals surface area (Å²) in [6, 6.07) is 10.0. The van der Waals surface area contributed by atoms with E-state index in [0.717, 1.165) is 26.7 Å². The molecule has 2 heterocycles. The fraction of sp³-hybridized carbons (Fsp3) is 0.409. The number of hydrogen-bond acceptors (Lipinski definition) is 6. The Labute approximate surface area is 186 Å². The van der Waals surface area contributed by atoms with Gasteiger partial charge in [-0.15, -0.1) is 11.8 Å². The molecule has 1 atom stereocenters. The van der Waals surface area contributed by atoms with Crippen LogP contribution in [0.2, 0.25) is 5.02 Å². The molecule has 160 valence electrons. The number of amides is 1. The molecule has 1 N–H and O–H groups in total. The van der Waals surface area contributed by atoms with Crippen molar-refractivity contribution in [3.05, 3.63) is 47.2 Å². The Balaban J connectivity index is 1.52. The average Bonchev–Trinajstić information content (AvgIpc) is 2.73. The normalized spacial score (nSPS) is 14.8. The number of rotatable bonds is 10.